The monoisotopic (exact) mass is 258 g/mol. The second-order valence-corrected chi connectivity index (χ2v) is 5.02. The van der Waals surface area contributed by atoms with Crippen LogP contribution >= 0.6 is 0 Å². The van der Waals surface area contributed by atoms with E-state index in [4.69, 9.17) is 0 Å². The van der Waals surface area contributed by atoms with Crippen molar-refractivity contribution in [1.29, 1.82) is 0 Å². The van der Waals surface area contributed by atoms with E-state index >= 15 is 0 Å². The first-order valence-electron chi connectivity index (χ1n) is 6.69. The van der Waals surface area contributed by atoms with Gasteiger partial charge in [0, 0.05) is 13.6 Å². The van der Waals surface area contributed by atoms with E-state index in [2.05, 4.69) is 15.6 Å². The van der Waals surface area contributed by atoms with Gasteiger partial charge >= 0.3 is 0 Å². The van der Waals surface area contributed by atoms with Crippen molar-refractivity contribution in [2.45, 2.75) is 12.8 Å². The third-order valence-electron chi connectivity index (χ3n) is 3.69. The predicted octanol–water partition coefficient (Wildman–Crippen LogP) is 1.51. The van der Waals surface area contributed by atoms with Gasteiger partial charge in [0.25, 0.3) is 0 Å². The maximum absolute atomic E-state index is 12.2. The van der Waals surface area contributed by atoms with Crippen LogP contribution < -0.4 is 10.6 Å². The zero-order valence-electron chi connectivity index (χ0n) is 11.0. The molecule has 5 nitrogen and oxygen atoms in total. The lowest BCUT2D eigenvalue weighted by atomic mass is 9.99. The van der Waals surface area contributed by atoms with Crippen LogP contribution in [0, 0.1) is 5.92 Å². The standard InChI is InChI=1S/C14H18N4O/c1-18-12-7-3-2-6-11(12)16-14(18)17-13(19)10-5-4-8-15-9-10/h2-3,6-7,10,15H,4-5,8-9H2,1H3,(H,16,17,19). The Kier molecular flexibility index (Phi) is 3.21. The average Bonchev–Trinajstić information content (AvgIpc) is 2.77. The minimum Gasteiger partial charge on any atom is -0.316 e. The SMILES string of the molecule is Cn1c(NC(=O)C2CCCNC2)nc2ccccc21. The summed E-state index contributed by atoms with van der Waals surface area (Å²) in [6, 6.07) is 7.87. The van der Waals surface area contributed by atoms with Crippen LogP contribution in [-0.4, -0.2) is 28.5 Å². The van der Waals surface area contributed by atoms with E-state index in [0.717, 1.165) is 37.0 Å². The molecule has 0 aliphatic carbocycles. The number of amides is 1. The number of imidazole rings is 1. The van der Waals surface area contributed by atoms with E-state index in [1.54, 1.807) is 0 Å². The number of rotatable bonds is 2. The van der Waals surface area contributed by atoms with Crippen LogP contribution in [-0.2, 0) is 11.8 Å². The first kappa shape index (κ1) is 12.2. The van der Waals surface area contributed by atoms with Crippen LogP contribution in [0.4, 0.5) is 5.95 Å². The Labute approximate surface area is 112 Å². The number of hydrogen-bond donors (Lipinski definition) is 2. The van der Waals surface area contributed by atoms with Gasteiger partial charge in [-0.15, -0.1) is 0 Å². The summed E-state index contributed by atoms with van der Waals surface area (Å²) in [6.07, 6.45) is 2.00. The number of aryl methyl sites for hydroxylation is 1. The molecule has 5 heteroatoms. The molecular formula is C14H18N4O. The fourth-order valence-electron chi connectivity index (χ4n) is 2.55. The molecular weight excluding hydrogens is 240 g/mol. The van der Waals surface area contributed by atoms with Gasteiger partial charge in [-0.2, -0.15) is 0 Å². The normalized spacial score (nSPS) is 19.5. The largest absolute Gasteiger partial charge is 0.316 e. The molecule has 0 radical (unpaired) electrons. The first-order valence-corrected chi connectivity index (χ1v) is 6.69. The van der Waals surface area contributed by atoms with E-state index in [-0.39, 0.29) is 11.8 Å². The molecule has 1 fully saturated rings. The van der Waals surface area contributed by atoms with Crippen LogP contribution in [0.5, 0.6) is 0 Å². The van der Waals surface area contributed by atoms with Crippen LogP contribution in [0.2, 0.25) is 0 Å². The maximum Gasteiger partial charge on any atom is 0.231 e. The molecule has 1 amide bonds. The Morgan fingerprint density at radius 2 is 2.32 bits per heavy atom. The number of carbonyl (C=O) groups excluding carboxylic acids is 1. The highest BCUT2D eigenvalue weighted by atomic mass is 16.2. The fraction of sp³-hybridized carbons (Fsp3) is 0.429. The number of piperidine rings is 1. The zero-order chi connectivity index (χ0) is 13.2. The third kappa shape index (κ3) is 2.33. The summed E-state index contributed by atoms with van der Waals surface area (Å²) in [4.78, 5) is 16.6. The van der Waals surface area contributed by atoms with Crippen molar-refractivity contribution in [3.63, 3.8) is 0 Å². The molecule has 0 saturated carbocycles. The average molecular weight is 258 g/mol. The van der Waals surface area contributed by atoms with Gasteiger partial charge in [-0.3, -0.25) is 10.1 Å². The van der Waals surface area contributed by atoms with Crippen LogP contribution in [0.25, 0.3) is 11.0 Å². The van der Waals surface area contributed by atoms with Crippen molar-refractivity contribution in [3.05, 3.63) is 24.3 Å². The molecule has 3 rings (SSSR count). The molecule has 19 heavy (non-hydrogen) atoms. The first-order chi connectivity index (χ1) is 9.25. The summed E-state index contributed by atoms with van der Waals surface area (Å²) in [5, 5.41) is 6.20. The van der Waals surface area contributed by atoms with E-state index in [1.807, 2.05) is 35.9 Å². The topological polar surface area (TPSA) is 59.0 Å². The number of aromatic nitrogens is 2. The number of para-hydroxylation sites is 2. The minimum absolute atomic E-state index is 0.0496. The highest BCUT2D eigenvalue weighted by molar-refractivity contribution is 5.93. The highest BCUT2D eigenvalue weighted by Crippen LogP contribution is 2.19. The second-order valence-electron chi connectivity index (χ2n) is 5.02. The Balaban J connectivity index is 1.81. The molecule has 2 aromatic rings. The lowest BCUT2D eigenvalue weighted by Gasteiger charge is -2.21. The molecule has 1 aliphatic heterocycles. The quantitative estimate of drug-likeness (QED) is 0.858. The number of fused-ring (bicyclic) bond motifs is 1. The third-order valence-corrected chi connectivity index (χ3v) is 3.69. The van der Waals surface area contributed by atoms with Gasteiger partial charge in [0.05, 0.1) is 17.0 Å². The van der Waals surface area contributed by atoms with Gasteiger partial charge < -0.3 is 9.88 Å². The highest BCUT2D eigenvalue weighted by Gasteiger charge is 2.22. The number of nitrogens with zero attached hydrogens (tertiary/aromatic N) is 2. The number of benzene rings is 1. The molecule has 100 valence electrons. The maximum atomic E-state index is 12.2. The molecule has 2 heterocycles. The Morgan fingerprint density at radius 3 is 3.05 bits per heavy atom. The van der Waals surface area contributed by atoms with Crippen molar-refractivity contribution in [2.24, 2.45) is 13.0 Å². The molecule has 1 atom stereocenters. The molecule has 0 spiro atoms. The van der Waals surface area contributed by atoms with Crippen molar-refractivity contribution in [1.82, 2.24) is 14.9 Å². The summed E-state index contributed by atoms with van der Waals surface area (Å²) in [6.45, 7) is 1.77. The molecule has 1 aromatic carbocycles. The van der Waals surface area contributed by atoms with E-state index in [0.29, 0.717) is 5.95 Å². The number of hydrogen-bond acceptors (Lipinski definition) is 3. The fourth-order valence-corrected chi connectivity index (χ4v) is 2.55. The van der Waals surface area contributed by atoms with Gasteiger partial charge in [0.1, 0.15) is 0 Å². The van der Waals surface area contributed by atoms with Crippen molar-refractivity contribution in [3.8, 4) is 0 Å². The van der Waals surface area contributed by atoms with Crippen molar-refractivity contribution >= 4 is 22.9 Å². The molecule has 1 aliphatic rings. The van der Waals surface area contributed by atoms with E-state index in [1.165, 1.54) is 0 Å². The smallest absolute Gasteiger partial charge is 0.231 e. The predicted molar refractivity (Wildman–Crippen MR) is 74.9 cm³/mol. The van der Waals surface area contributed by atoms with Crippen molar-refractivity contribution < 1.29 is 4.79 Å². The Bertz CT molecular complexity index is 599. The summed E-state index contributed by atoms with van der Waals surface area (Å²) in [5.41, 5.74) is 1.93. The molecule has 1 saturated heterocycles. The van der Waals surface area contributed by atoms with Crippen LogP contribution in [0.1, 0.15) is 12.8 Å². The number of anilines is 1. The number of carbonyl (C=O) groups is 1. The van der Waals surface area contributed by atoms with Gasteiger partial charge in [0.15, 0.2) is 0 Å². The van der Waals surface area contributed by atoms with Gasteiger partial charge in [-0.1, -0.05) is 12.1 Å². The minimum atomic E-state index is 0.0496. The summed E-state index contributed by atoms with van der Waals surface area (Å²) in [5.74, 6) is 0.732. The van der Waals surface area contributed by atoms with E-state index < -0.39 is 0 Å². The number of nitrogens with one attached hydrogen (secondary N) is 2. The molecule has 1 unspecified atom stereocenters. The van der Waals surface area contributed by atoms with Crippen LogP contribution in [0.3, 0.4) is 0 Å². The Hall–Kier alpha value is -1.88. The lowest BCUT2D eigenvalue weighted by molar-refractivity contribution is -0.120. The Morgan fingerprint density at radius 1 is 1.47 bits per heavy atom. The molecule has 2 N–H and O–H groups in total. The summed E-state index contributed by atoms with van der Waals surface area (Å²) >= 11 is 0. The lowest BCUT2D eigenvalue weighted by Crippen LogP contribution is -2.37. The van der Waals surface area contributed by atoms with Gasteiger partial charge in [-0.05, 0) is 31.5 Å². The van der Waals surface area contributed by atoms with Gasteiger partial charge in [0.2, 0.25) is 11.9 Å². The van der Waals surface area contributed by atoms with Crippen LogP contribution in [0.15, 0.2) is 24.3 Å². The zero-order valence-corrected chi connectivity index (χ0v) is 11.0. The molecule has 0 bridgehead atoms. The summed E-state index contributed by atoms with van der Waals surface area (Å²) in [7, 11) is 1.92. The second kappa shape index (κ2) is 5.01. The molecule has 1 aromatic heterocycles. The van der Waals surface area contributed by atoms with Crippen molar-refractivity contribution in [2.75, 3.05) is 18.4 Å². The van der Waals surface area contributed by atoms with E-state index in [9.17, 15) is 4.79 Å². The summed E-state index contributed by atoms with van der Waals surface area (Å²) < 4.78 is 1.92. The van der Waals surface area contributed by atoms with Gasteiger partial charge in [-0.25, -0.2) is 4.98 Å².